The number of benzene rings is 1. The molecule has 0 unspecified atom stereocenters. The van der Waals surface area contributed by atoms with Crippen molar-refractivity contribution in [2.75, 3.05) is 31.1 Å². The van der Waals surface area contributed by atoms with Crippen LogP contribution in [-0.2, 0) is 0 Å². The van der Waals surface area contributed by atoms with E-state index in [4.69, 9.17) is 0 Å². The Bertz CT molecular complexity index is 524. The zero-order valence-electron chi connectivity index (χ0n) is 12.0. The largest absolute Gasteiger partial charge is 0.363 e. The van der Waals surface area contributed by atoms with Gasteiger partial charge in [-0.25, -0.2) is 4.39 Å². The number of hydrogen-bond donors (Lipinski definition) is 0. The van der Waals surface area contributed by atoms with Crippen LogP contribution in [0.25, 0.3) is 0 Å². The Morgan fingerprint density at radius 2 is 1.81 bits per heavy atom. The normalized spacial score (nSPS) is 20.9. The minimum absolute atomic E-state index is 0.135. The number of rotatable bonds is 3. The van der Waals surface area contributed by atoms with Gasteiger partial charge in [0.25, 0.3) is 5.69 Å². The summed E-state index contributed by atoms with van der Waals surface area (Å²) in [6.45, 7) is 3.39. The second-order valence-electron chi connectivity index (χ2n) is 5.85. The Labute approximate surface area is 123 Å². The Morgan fingerprint density at radius 3 is 2.43 bits per heavy atom. The third-order valence-corrected chi connectivity index (χ3v) is 4.63. The third kappa shape index (κ3) is 3.00. The molecule has 3 rings (SSSR count). The minimum Gasteiger partial charge on any atom is -0.363 e. The highest BCUT2D eigenvalue weighted by molar-refractivity contribution is 5.63. The Morgan fingerprint density at radius 1 is 1.14 bits per heavy atom. The summed E-state index contributed by atoms with van der Waals surface area (Å²) in [5, 5.41) is 11.1. The molecule has 114 valence electrons. The van der Waals surface area contributed by atoms with Gasteiger partial charge in [0.2, 0.25) is 0 Å². The molecule has 1 saturated carbocycles. The summed E-state index contributed by atoms with van der Waals surface area (Å²) in [5.74, 6) is -0.560. The molecule has 0 N–H and O–H groups in total. The summed E-state index contributed by atoms with van der Waals surface area (Å²) in [6.07, 6.45) is 5.18. The predicted molar refractivity (Wildman–Crippen MR) is 79.1 cm³/mol. The average Bonchev–Trinajstić information content (AvgIpc) is 3.01. The zero-order chi connectivity index (χ0) is 14.8. The van der Waals surface area contributed by atoms with E-state index in [-0.39, 0.29) is 5.69 Å². The topological polar surface area (TPSA) is 49.6 Å². The van der Waals surface area contributed by atoms with Crippen molar-refractivity contribution >= 4 is 11.4 Å². The molecule has 0 bridgehead atoms. The molecule has 21 heavy (non-hydrogen) atoms. The Balaban J connectivity index is 1.70. The maximum absolute atomic E-state index is 13.2. The van der Waals surface area contributed by atoms with Gasteiger partial charge in [0, 0.05) is 32.2 Å². The van der Waals surface area contributed by atoms with Crippen molar-refractivity contribution in [1.82, 2.24) is 4.90 Å². The van der Waals surface area contributed by atoms with Crippen molar-refractivity contribution < 1.29 is 9.31 Å². The van der Waals surface area contributed by atoms with Crippen molar-refractivity contribution in [3.63, 3.8) is 0 Å². The number of nitrogens with zero attached hydrogens (tertiary/aromatic N) is 3. The van der Waals surface area contributed by atoms with Gasteiger partial charge in [-0.05, 0) is 25.0 Å². The molecule has 1 aliphatic heterocycles. The van der Waals surface area contributed by atoms with Crippen LogP contribution in [-0.4, -0.2) is 42.0 Å². The highest BCUT2D eigenvalue weighted by atomic mass is 19.1. The molecule has 2 aliphatic rings. The number of nitro groups is 1. The van der Waals surface area contributed by atoms with E-state index in [0.717, 1.165) is 32.2 Å². The fourth-order valence-electron chi connectivity index (χ4n) is 3.51. The average molecular weight is 293 g/mol. The summed E-state index contributed by atoms with van der Waals surface area (Å²) in [4.78, 5) is 15.1. The second kappa shape index (κ2) is 5.97. The van der Waals surface area contributed by atoms with Gasteiger partial charge in [0.1, 0.15) is 11.5 Å². The summed E-state index contributed by atoms with van der Waals surface area (Å²) in [7, 11) is 0. The van der Waals surface area contributed by atoms with Crippen molar-refractivity contribution in [2.45, 2.75) is 31.7 Å². The number of piperazine rings is 1. The van der Waals surface area contributed by atoms with Crippen molar-refractivity contribution in [2.24, 2.45) is 0 Å². The number of hydrogen-bond acceptors (Lipinski definition) is 4. The molecule has 0 amide bonds. The first-order valence-corrected chi connectivity index (χ1v) is 7.58. The highest BCUT2D eigenvalue weighted by Crippen LogP contribution is 2.31. The lowest BCUT2D eigenvalue weighted by Crippen LogP contribution is -2.49. The Hall–Kier alpha value is -1.69. The van der Waals surface area contributed by atoms with E-state index < -0.39 is 10.7 Å². The molecule has 6 heteroatoms. The van der Waals surface area contributed by atoms with E-state index in [1.54, 1.807) is 0 Å². The fourth-order valence-corrected chi connectivity index (χ4v) is 3.51. The first kappa shape index (κ1) is 14.3. The summed E-state index contributed by atoms with van der Waals surface area (Å²) < 4.78 is 13.2. The molecule has 1 aliphatic carbocycles. The van der Waals surface area contributed by atoms with Crippen molar-refractivity contribution in [1.29, 1.82) is 0 Å². The minimum atomic E-state index is -0.560. The van der Waals surface area contributed by atoms with Gasteiger partial charge in [0.05, 0.1) is 11.0 Å². The monoisotopic (exact) mass is 293 g/mol. The van der Waals surface area contributed by atoms with E-state index >= 15 is 0 Å². The first-order chi connectivity index (χ1) is 10.1. The van der Waals surface area contributed by atoms with Crippen LogP contribution in [0, 0.1) is 15.9 Å². The summed E-state index contributed by atoms with van der Waals surface area (Å²) in [6, 6.07) is 4.53. The molecule has 0 spiro atoms. The standard InChI is InChI=1S/C15H20FN3O2/c16-12-5-6-14(15(11-12)19(20)21)18-9-7-17(8-10-18)13-3-1-2-4-13/h5-6,11,13H,1-4,7-10H2. The molecule has 1 aromatic rings. The maximum Gasteiger partial charge on any atom is 0.295 e. The molecular weight excluding hydrogens is 273 g/mol. The van der Waals surface area contributed by atoms with E-state index in [1.807, 2.05) is 4.90 Å². The van der Waals surface area contributed by atoms with Gasteiger partial charge < -0.3 is 4.90 Å². The van der Waals surface area contributed by atoms with Crippen molar-refractivity contribution in [3.8, 4) is 0 Å². The number of nitro benzene ring substituents is 1. The summed E-state index contributed by atoms with van der Waals surface area (Å²) in [5.41, 5.74) is 0.400. The van der Waals surface area contributed by atoms with Crippen LogP contribution < -0.4 is 4.90 Å². The SMILES string of the molecule is O=[N+]([O-])c1cc(F)ccc1N1CCN(C2CCCC2)CC1. The van der Waals surface area contributed by atoms with E-state index in [1.165, 1.54) is 37.8 Å². The molecule has 1 heterocycles. The molecule has 1 aromatic carbocycles. The second-order valence-corrected chi connectivity index (χ2v) is 5.85. The van der Waals surface area contributed by atoms with Gasteiger partial charge >= 0.3 is 0 Å². The van der Waals surface area contributed by atoms with E-state index in [2.05, 4.69) is 4.90 Å². The van der Waals surface area contributed by atoms with E-state index in [0.29, 0.717) is 11.7 Å². The fraction of sp³-hybridized carbons (Fsp3) is 0.600. The lowest BCUT2D eigenvalue weighted by Gasteiger charge is -2.38. The molecule has 2 fully saturated rings. The van der Waals surface area contributed by atoms with Gasteiger partial charge in [-0.2, -0.15) is 0 Å². The number of halogens is 1. The Kier molecular flexibility index (Phi) is 4.05. The lowest BCUT2D eigenvalue weighted by atomic mass is 10.1. The van der Waals surface area contributed by atoms with Gasteiger partial charge in [-0.1, -0.05) is 12.8 Å². The van der Waals surface area contributed by atoms with Gasteiger partial charge in [-0.15, -0.1) is 0 Å². The molecule has 0 atom stereocenters. The van der Waals surface area contributed by atoms with E-state index in [9.17, 15) is 14.5 Å². The zero-order valence-corrected chi connectivity index (χ0v) is 12.0. The van der Waals surface area contributed by atoms with Gasteiger partial charge in [-0.3, -0.25) is 15.0 Å². The third-order valence-electron chi connectivity index (χ3n) is 4.63. The van der Waals surface area contributed by atoms with Crippen LogP contribution in [0.1, 0.15) is 25.7 Å². The summed E-state index contributed by atoms with van der Waals surface area (Å²) >= 11 is 0. The predicted octanol–water partition coefficient (Wildman–Crippen LogP) is 2.80. The van der Waals surface area contributed by atoms with Crippen LogP contribution in [0.15, 0.2) is 18.2 Å². The first-order valence-electron chi connectivity index (χ1n) is 7.58. The van der Waals surface area contributed by atoms with Crippen LogP contribution in [0.3, 0.4) is 0 Å². The molecule has 0 aromatic heterocycles. The van der Waals surface area contributed by atoms with Crippen LogP contribution in [0.4, 0.5) is 15.8 Å². The smallest absolute Gasteiger partial charge is 0.295 e. The van der Waals surface area contributed by atoms with Crippen LogP contribution in [0.2, 0.25) is 0 Å². The number of anilines is 1. The van der Waals surface area contributed by atoms with Crippen molar-refractivity contribution in [3.05, 3.63) is 34.1 Å². The molecule has 5 nitrogen and oxygen atoms in total. The van der Waals surface area contributed by atoms with Crippen LogP contribution >= 0.6 is 0 Å². The molecule has 0 radical (unpaired) electrons. The van der Waals surface area contributed by atoms with Crippen LogP contribution in [0.5, 0.6) is 0 Å². The highest BCUT2D eigenvalue weighted by Gasteiger charge is 2.28. The lowest BCUT2D eigenvalue weighted by molar-refractivity contribution is -0.384. The molecular formula is C15H20FN3O2. The molecule has 1 saturated heterocycles. The quantitative estimate of drug-likeness (QED) is 0.635. The van der Waals surface area contributed by atoms with Gasteiger partial charge in [0.15, 0.2) is 0 Å². The maximum atomic E-state index is 13.2.